The van der Waals surface area contributed by atoms with E-state index in [4.69, 9.17) is 19.8 Å². The molecule has 1 amide bonds. The number of carboxylic acid groups (broad SMARTS) is 2. The highest BCUT2D eigenvalue weighted by Crippen LogP contribution is 2.31. The van der Waals surface area contributed by atoms with Crippen molar-refractivity contribution in [2.45, 2.75) is 13.8 Å². The lowest BCUT2D eigenvalue weighted by Gasteiger charge is -2.12. The molecule has 1 aliphatic rings. The Morgan fingerprint density at radius 3 is 2.11 bits per heavy atom. The van der Waals surface area contributed by atoms with Gasteiger partial charge in [0.2, 0.25) is 5.13 Å². The van der Waals surface area contributed by atoms with E-state index in [9.17, 15) is 4.79 Å². The largest absolute Gasteiger partial charge is 0.473 e. The van der Waals surface area contributed by atoms with Crippen LogP contribution < -0.4 is 9.91 Å². The second-order valence-electron chi connectivity index (χ2n) is 7.84. The topological polar surface area (TPSA) is 123 Å². The molecule has 0 saturated carbocycles. The third-order valence-electron chi connectivity index (χ3n) is 4.99. The predicted molar refractivity (Wildman–Crippen MR) is 137 cm³/mol. The van der Waals surface area contributed by atoms with E-state index in [1.165, 1.54) is 21.9 Å². The Morgan fingerprint density at radius 1 is 0.971 bits per heavy atom. The molecule has 0 atom stereocenters. The quantitative estimate of drug-likeness (QED) is 0.414. The van der Waals surface area contributed by atoms with Crippen molar-refractivity contribution in [3.63, 3.8) is 0 Å². The highest BCUT2D eigenvalue weighted by atomic mass is 32.1. The summed E-state index contributed by atoms with van der Waals surface area (Å²) in [5.74, 6) is -3.80. The number of hydrazone groups is 1. The maximum absolute atomic E-state index is 13.0. The Bertz CT molecular complexity index is 1300. The van der Waals surface area contributed by atoms with Gasteiger partial charge in [-0.1, -0.05) is 42.0 Å². The summed E-state index contributed by atoms with van der Waals surface area (Å²) < 4.78 is 0. The Kier molecular flexibility index (Phi) is 7.77. The first-order valence-corrected chi connectivity index (χ1v) is 11.3. The number of carbonyl (C=O) groups excluding carboxylic acids is 1. The molecule has 9 nitrogen and oxygen atoms in total. The minimum atomic E-state index is -1.82. The molecule has 1 aliphatic heterocycles. The zero-order valence-corrected chi connectivity index (χ0v) is 20.4. The number of hydrogen-bond acceptors (Lipinski definition) is 7. The SMILES string of the molecule is CC1=NN(c2nc(-c3ccc(C)cc3)cs2)C(=O)/C1=C/c1ccc(N(C)C)cc1.O=C(O)C(=O)O. The number of carbonyl (C=O) groups is 3. The number of amides is 1. The molecular formula is C25H24N4O5S. The van der Waals surface area contributed by atoms with Crippen molar-refractivity contribution in [2.75, 3.05) is 24.0 Å². The maximum atomic E-state index is 13.0. The van der Waals surface area contributed by atoms with Gasteiger partial charge >= 0.3 is 11.9 Å². The standard InChI is InChI=1S/C23H22N4OS.C2H2O4/c1-15-5-9-18(10-6-15)21-14-29-23(24-21)27-22(28)20(16(2)25-27)13-17-7-11-19(12-8-17)26(3)4;3-1(4)2(5)6/h5-14H,1-4H3;(H,3,4)(H,5,6)/b20-13+;. The van der Waals surface area contributed by atoms with Crippen molar-refractivity contribution in [3.05, 3.63) is 70.6 Å². The number of thiazole rings is 1. The van der Waals surface area contributed by atoms with Gasteiger partial charge in [0.25, 0.3) is 5.91 Å². The van der Waals surface area contributed by atoms with Crippen LogP contribution in [0.4, 0.5) is 10.8 Å². The van der Waals surface area contributed by atoms with Crippen LogP contribution in [0, 0.1) is 6.92 Å². The van der Waals surface area contributed by atoms with E-state index in [1.807, 2.05) is 73.8 Å². The van der Waals surface area contributed by atoms with Crippen LogP contribution in [0.1, 0.15) is 18.1 Å². The maximum Gasteiger partial charge on any atom is 0.414 e. The van der Waals surface area contributed by atoms with Crippen LogP contribution in [0.15, 0.2) is 64.6 Å². The van der Waals surface area contributed by atoms with Crippen LogP contribution in [0.3, 0.4) is 0 Å². The lowest BCUT2D eigenvalue weighted by Crippen LogP contribution is -2.21. The second-order valence-corrected chi connectivity index (χ2v) is 8.67. The summed E-state index contributed by atoms with van der Waals surface area (Å²) >= 11 is 1.42. The van der Waals surface area contributed by atoms with Gasteiger partial charge in [-0.15, -0.1) is 11.3 Å². The first-order valence-electron chi connectivity index (χ1n) is 10.4. The number of carboxylic acids is 2. The van der Waals surface area contributed by atoms with Gasteiger partial charge in [0.1, 0.15) is 0 Å². The summed E-state index contributed by atoms with van der Waals surface area (Å²) in [6.07, 6.45) is 1.88. The molecule has 0 bridgehead atoms. The van der Waals surface area contributed by atoms with Crippen molar-refractivity contribution >= 4 is 51.8 Å². The Morgan fingerprint density at radius 2 is 1.57 bits per heavy atom. The summed E-state index contributed by atoms with van der Waals surface area (Å²) in [4.78, 5) is 37.9. The summed E-state index contributed by atoms with van der Waals surface area (Å²) in [5.41, 5.74) is 6.45. The number of benzene rings is 2. The van der Waals surface area contributed by atoms with Crippen molar-refractivity contribution in [2.24, 2.45) is 5.10 Å². The van der Waals surface area contributed by atoms with Gasteiger partial charge in [-0.05, 0) is 37.6 Å². The Hall–Kier alpha value is -4.31. The average Bonchev–Trinajstić information content (AvgIpc) is 3.41. The summed E-state index contributed by atoms with van der Waals surface area (Å²) in [6.45, 7) is 3.91. The number of rotatable bonds is 4. The molecule has 0 aliphatic carbocycles. The molecular weight excluding hydrogens is 468 g/mol. The summed E-state index contributed by atoms with van der Waals surface area (Å²) in [5, 5.41) is 23.2. The zero-order valence-electron chi connectivity index (χ0n) is 19.6. The van der Waals surface area contributed by atoms with Gasteiger partial charge in [-0.25, -0.2) is 14.6 Å². The minimum Gasteiger partial charge on any atom is -0.473 e. The van der Waals surface area contributed by atoms with Crippen molar-refractivity contribution < 1.29 is 24.6 Å². The molecule has 0 fully saturated rings. The van der Waals surface area contributed by atoms with Gasteiger partial charge in [0.15, 0.2) is 0 Å². The normalized spacial score (nSPS) is 13.8. The van der Waals surface area contributed by atoms with E-state index < -0.39 is 11.9 Å². The number of anilines is 2. The average molecular weight is 493 g/mol. The van der Waals surface area contributed by atoms with E-state index in [2.05, 4.69) is 29.1 Å². The summed E-state index contributed by atoms with van der Waals surface area (Å²) in [7, 11) is 4.00. The molecule has 2 N–H and O–H groups in total. The molecule has 0 saturated heterocycles. The number of aromatic nitrogens is 1. The van der Waals surface area contributed by atoms with Crippen LogP contribution in [-0.2, 0) is 14.4 Å². The first-order chi connectivity index (χ1) is 16.6. The van der Waals surface area contributed by atoms with Crippen molar-refractivity contribution in [1.29, 1.82) is 0 Å². The Balaban J connectivity index is 0.000000509. The lowest BCUT2D eigenvalue weighted by atomic mass is 10.1. The van der Waals surface area contributed by atoms with Crippen LogP contribution >= 0.6 is 11.3 Å². The molecule has 4 rings (SSSR count). The number of hydrogen-bond donors (Lipinski definition) is 2. The number of nitrogens with zero attached hydrogens (tertiary/aromatic N) is 4. The molecule has 1 aromatic heterocycles. The molecule has 2 aromatic carbocycles. The Labute approximate surface area is 206 Å². The third kappa shape index (κ3) is 6.18. The van der Waals surface area contributed by atoms with Gasteiger partial charge in [0.05, 0.1) is 17.0 Å². The van der Waals surface area contributed by atoms with Crippen LogP contribution in [0.25, 0.3) is 17.3 Å². The lowest BCUT2D eigenvalue weighted by molar-refractivity contribution is -0.159. The van der Waals surface area contributed by atoms with E-state index in [0.29, 0.717) is 16.4 Å². The van der Waals surface area contributed by atoms with Crippen molar-refractivity contribution in [3.8, 4) is 11.3 Å². The fourth-order valence-corrected chi connectivity index (χ4v) is 3.85. The van der Waals surface area contributed by atoms with Gasteiger partial charge in [-0.3, -0.25) is 4.79 Å². The number of aryl methyl sites for hydroxylation is 1. The molecule has 35 heavy (non-hydrogen) atoms. The van der Waals surface area contributed by atoms with Crippen LogP contribution in [0.2, 0.25) is 0 Å². The van der Waals surface area contributed by atoms with Crippen LogP contribution in [-0.4, -0.2) is 52.8 Å². The number of aliphatic carboxylic acids is 2. The van der Waals surface area contributed by atoms with E-state index in [-0.39, 0.29) is 5.91 Å². The molecule has 0 radical (unpaired) electrons. The fourth-order valence-electron chi connectivity index (χ4n) is 3.07. The second kappa shape index (κ2) is 10.7. The third-order valence-corrected chi connectivity index (χ3v) is 5.80. The molecule has 2 heterocycles. The monoisotopic (exact) mass is 492 g/mol. The van der Waals surface area contributed by atoms with Crippen molar-refractivity contribution in [1.82, 2.24) is 4.98 Å². The van der Waals surface area contributed by atoms with E-state index >= 15 is 0 Å². The highest BCUT2D eigenvalue weighted by Gasteiger charge is 2.30. The summed E-state index contributed by atoms with van der Waals surface area (Å²) in [6, 6.07) is 16.3. The predicted octanol–water partition coefficient (Wildman–Crippen LogP) is 4.15. The molecule has 3 aromatic rings. The molecule has 0 unspecified atom stereocenters. The van der Waals surface area contributed by atoms with E-state index in [0.717, 1.165) is 22.5 Å². The van der Waals surface area contributed by atoms with Crippen LogP contribution in [0.5, 0.6) is 0 Å². The zero-order chi connectivity index (χ0) is 25.7. The molecule has 10 heteroatoms. The fraction of sp³-hybridized carbons (Fsp3) is 0.160. The highest BCUT2D eigenvalue weighted by molar-refractivity contribution is 7.14. The van der Waals surface area contributed by atoms with Gasteiger partial charge < -0.3 is 15.1 Å². The minimum absolute atomic E-state index is 0.149. The van der Waals surface area contributed by atoms with E-state index in [1.54, 1.807) is 0 Å². The molecule has 0 spiro atoms. The first kappa shape index (κ1) is 25.3. The molecule has 180 valence electrons. The van der Waals surface area contributed by atoms with Gasteiger partial charge in [0, 0.05) is 30.7 Å². The van der Waals surface area contributed by atoms with Gasteiger partial charge in [-0.2, -0.15) is 10.1 Å². The smallest absolute Gasteiger partial charge is 0.414 e.